The van der Waals surface area contributed by atoms with Gasteiger partial charge in [0.05, 0.1) is 17.6 Å². The molecule has 1 aliphatic carbocycles. The van der Waals surface area contributed by atoms with Crippen LogP contribution >= 0.6 is 0 Å². The lowest BCUT2D eigenvalue weighted by atomic mass is 9.78. The minimum atomic E-state index is -3.86. The monoisotopic (exact) mass is 611 g/mol. The van der Waals surface area contributed by atoms with Crippen LogP contribution in [-0.4, -0.2) is 80.9 Å². The zero-order valence-electron chi connectivity index (χ0n) is 25.0. The normalized spacial score (nSPS) is 26.7. The van der Waals surface area contributed by atoms with Crippen molar-refractivity contribution in [3.63, 3.8) is 0 Å². The van der Waals surface area contributed by atoms with Crippen molar-refractivity contribution in [3.05, 3.63) is 65.2 Å². The van der Waals surface area contributed by atoms with Crippen LogP contribution in [-0.2, 0) is 37.2 Å². The molecule has 5 unspecified atom stereocenters. The molecular weight excluding hydrogens is 570 g/mol. The highest BCUT2D eigenvalue weighted by Crippen LogP contribution is 2.46. The molecule has 2 saturated heterocycles. The summed E-state index contributed by atoms with van der Waals surface area (Å²) < 4.78 is 47.1. The second-order valence-electron chi connectivity index (χ2n) is 12.8. The van der Waals surface area contributed by atoms with Gasteiger partial charge in [-0.05, 0) is 60.9 Å². The van der Waals surface area contributed by atoms with Crippen LogP contribution in [0.3, 0.4) is 0 Å². The van der Waals surface area contributed by atoms with Crippen molar-refractivity contribution in [2.45, 2.75) is 75.5 Å². The fourth-order valence-corrected chi connectivity index (χ4v) is 8.61. The van der Waals surface area contributed by atoms with E-state index in [4.69, 9.17) is 14.2 Å². The topological polar surface area (TPSA) is 114 Å². The Bertz CT molecular complexity index is 1440. The summed E-state index contributed by atoms with van der Waals surface area (Å²) >= 11 is 0. The molecule has 0 spiro atoms. The van der Waals surface area contributed by atoms with Gasteiger partial charge < -0.3 is 24.4 Å². The Hall–Kier alpha value is -2.99. The van der Waals surface area contributed by atoms with Crippen molar-refractivity contribution < 1.29 is 32.2 Å². The molecule has 10 nitrogen and oxygen atoms in total. The lowest BCUT2D eigenvalue weighted by molar-refractivity contribution is -0.153. The average Bonchev–Trinajstić information content (AvgIpc) is 3.43. The predicted octanol–water partition coefficient (Wildman–Crippen LogP) is 3.80. The van der Waals surface area contributed by atoms with Gasteiger partial charge in [0, 0.05) is 50.1 Å². The summed E-state index contributed by atoms with van der Waals surface area (Å²) in [6.07, 6.45) is 1.47. The molecule has 3 aliphatic heterocycles. The van der Waals surface area contributed by atoms with E-state index in [2.05, 4.69) is 5.32 Å². The van der Waals surface area contributed by atoms with Crippen molar-refractivity contribution in [2.75, 3.05) is 26.7 Å². The molecule has 2 aromatic carbocycles. The van der Waals surface area contributed by atoms with Gasteiger partial charge >= 0.3 is 6.09 Å². The number of nitrogens with zero attached hydrogens (tertiary/aromatic N) is 2. The summed E-state index contributed by atoms with van der Waals surface area (Å²) in [7, 11) is -2.15. The molecule has 11 heteroatoms. The molecule has 1 saturated carbocycles. The summed E-state index contributed by atoms with van der Waals surface area (Å²) in [6, 6.07) is 14.2. The fourth-order valence-electron chi connectivity index (χ4n) is 6.94. The Balaban J connectivity index is 1.17. The number of nitrogens with one attached hydrogen (secondary N) is 1. The number of benzene rings is 2. The number of amides is 2. The van der Waals surface area contributed by atoms with E-state index in [-0.39, 0.29) is 53.7 Å². The molecule has 2 amide bonds. The van der Waals surface area contributed by atoms with Gasteiger partial charge in [-0.15, -0.1) is 0 Å². The van der Waals surface area contributed by atoms with E-state index in [0.29, 0.717) is 49.6 Å². The third kappa shape index (κ3) is 6.31. The van der Waals surface area contributed by atoms with Gasteiger partial charge in [-0.3, -0.25) is 4.79 Å². The number of hydrogen-bond acceptors (Lipinski definition) is 7. The summed E-state index contributed by atoms with van der Waals surface area (Å²) in [5.41, 5.74) is 2.28. The van der Waals surface area contributed by atoms with E-state index >= 15 is 0 Å². The Labute approximate surface area is 253 Å². The maximum Gasteiger partial charge on any atom is 0.407 e. The van der Waals surface area contributed by atoms with Crippen molar-refractivity contribution >= 4 is 22.0 Å². The third-order valence-electron chi connectivity index (χ3n) is 9.02. The average molecular weight is 612 g/mol. The van der Waals surface area contributed by atoms with Crippen molar-refractivity contribution in [3.8, 4) is 0 Å². The Morgan fingerprint density at radius 2 is 1.93 bits per heavy atom. The molecule has 6 rings (SSSR count). The van der Waals surface area contributed by atoms with E-state index in [0.717, 1.165) is 18.4 Å². The lowest BCUT2D eigenvalue weighted by Gasteiger charge is -2.36. The zero-order valence-corrected chi connectivity index (χ0v) is 25.8. The van der Waals surface area contributed by atoms with Crippen molar-refractivity contribution in [2.24, 2.45) is 17.8 Å². The van der Waals surface area contributed by atoms with E-state index in [1.54, 1.807) is 24.1 Å². The number of alkyl carbamates (subject to hydrolysis) is 1. The quantitative estimate of drug-likeness (QED) is 0.411. The van der Waals surface area contributed by atoms with E-state index in [1.165, 1.54) is 10.4 Å². The fraction of sp³-hybridized carbons (Fsp3) is 0.562. The molecule has 0 radical (unpaired) electrons. The first-order chi connectivity index (χ1) is 20.6. The summed E-state index contributed by atoms with van der Waals surface area (Å²) in [4.78, 5) is 27.4. The van der Waals surface area contributed by atoms with Gasteiger partial charge in [0.25, 0.3) is 5.91 Å². The van der Waals surface area contributed by atoms with Crippen LogP contribution in [0.4, 0.5) is 4.79 Å². The molecule has 6 atom stereocenters. The second-order valence-corrected chi connectivity index (χ2v) is 14.7. The van der Waals surface area contributed by atoms with Gasteiger partial charge in [0.1, 0.15) is 6.10 Å². The minimum absolute atomic E-state index is 0.0846. The first kappa shape index (κ1) is 30.1. The van der Waals surface area contributed by atoms with E-state index in [1.807, 2.05) is 44.2 Å². The van der Waals surface area contributed by atoms with Crippen LogP contribution in [0.5, 0.6) is 0 Å². The number of carbonyl (C=O) groups is 2. The number of rotatable bonds is 11. The molecular formula is C32H41N3O7S. The number of ether oxygens (including phenoxy) is 3. The van der Waals surface area contributed by atoms with E-state index in [9.17, 15) is 18.0 Å². The van der Waals surface area contributed by atoms with Gasteiger partial charge in [-0.2, -0.15) is 4.31 Å². The molecule has 3 heterocycles. The van der Waals surface area contributed by atoms with Crippen LogP contribution in [0.1, 0.15) is 54.6 Å². The molecule has 0 aromatic heterocycles. The second kappa shape index (κ2) is 12.2. The smallest absolute Gasteiger partial charge is 0.407 e. The van der Waals surface area contributed by atoms with Crippen LogP contribution in [0.15, 0.2) is 53.4 Å². The lowest BCUT2D eigenvalue weighted by Crippen LogP contribution is -2.48. The summed E-state index contributed by atoms with van der Waals surface area (Å²) in [6.45, 7) is 5.40. The van der Waals surface area contributed by atoms with Crippen LogP contribution < -0.4 is 5.32 Å². The van der Waals surface area contributed by atoms with Gasteiger partial charge in [-0.25, -0.2) is 13.2 Å². The highest BCUT2D eigenvalue weighted by molar-refractivity contribution is 7.89. The molecule has 2 aromatic rings. The minimum Gasteiger partial charge on any atom is -0.443 e. The zero-order chi connectivity index (χ0) is 30.3. The predicted molar refractivity (Wildman–Crippen MR) is 159 cm³/mol. The Kier molecular flexibility index (Phi) is 8.52. The Morgan fingerprint density at radius 1 is 1.14 bits per heavy atom. The maximum absolute atomic E-state index is 13.9. The molecule has 232 valence electrons. The number of fused-ring (bicyclic) bond motifs is 3. The van der Waals surface area contributed by atoms with E-state index < -0.39 is 16.1 Å². The number of hydrogen-bond donors (Lipinski definition) is 1. The summed E-state index contributed by atoms with van der Waals surface area (Å²) in [5, 5.41) is 3.05. The third-order valence-corrected chi connectivity index (χ3v) is 10.9. The first-order valence-corrected chi connectivity index (χ1v) is 16.7. The SMILES string of the molecule is CC(C)CN(CC[C@H](Cc1ccccc1)NC(=O)OC1C2COC3OC1CC3C2)S(=O)(=O)c1ccc2c(c1)CN(C)C2=O. The largest absolute Gasteiger partial charge is 0.443 e. The molecule has 3 fully saturated rings. The van der Waals surface area contributed by atoms with Crippen molar-refractivity contribution in [1.82, 2.24) is 14.5 Å². The standard InChI is InChI=1S/C32H41N3O7S/c1-20(2)17-35(43(38,39)26-9-10-27-23(15-26)18-34(3)30(27)36)12-11-25(13-21-7-5-4-6-8-21)33-32(37)42-29-24-14-22-16-28(29)41-31(22)40-19-24/h4-10,15,20,22,24-25,28-29,31H,11-14,16-19H2,1-3H3,(H,33,37)/t22?,24?,25-,28?,29?,31?/m1/s1. The first-order valence-electron chi connectivity index (χ1n) is 15.2. The van der Waals surface area contributed by atoms with Gasteiger partial charge in [-0.1, -0.05) is 44.2 Å². The maximum atomic E-state index is 13.9. The number of carbonyl (C=O) groups excluding carboxylic acids is 2. The van der Waals surface area contributed by atoms with Crippen LogP contribution in [0, 0.1) is 17.8 Å². The van der Waals surface area contributed by atoms with Crippen LogP contribution in [0.25, 0.3) is 0 Å². The Morgan fingerprint density at radius 3 is 2.70 bits per heavy atom. The van der Waals surface area contributed by atoms with Gasteiger partial charge in [0.2, 0.25) is 10.0 Å². The highest BCUT2D eigenvalue weighted by Gasteiger charge is 2.53. The molecule has 4 aliphatic rings. The molecule has 1 N–H and O–H groups in total. The molecule has 43 heavy (non-hydrogen) atoms. The molecule has 3 bridgehead atoms. The van der Waals surface area contributed by atoms with Crippen molar-refractivity contribution in [1.29, 1.82) is 0 Å². The van der Waals surface area contributed by atoms with Gasteiger partial charge in [0.15, 0.2) is 6.29 Å². The number of sulfonamides is 1. The van der Waals surface area contributed by atoms with Crippen LogP contribution in [0.2, 0.25) is 0 Å². The summed E-state index contributed by atoms with van der Waals surface area (Å²) in [5.74, 6) is 0.474. The highest BCUT2D eigenvalue weighted by atomic mass is 32.2.